The Morgan fingerprint density at radius 3 is 2.36 bits per heavy atom. The third-order valence-corrected chi connectivity index (χ3v) is 5.35. The standard InChI is InChI=1S/C20H29N3O2/c1-16(24)21-19-14-23(13-18(19)17-9-5-4-6-10-17)20(25)15-22-11-7-2-3-8-12-22/h4-6,9-10,18-19H,2-3,7-8,11-15H2,1H3,(H,21,24)/t18-,19+/m1/s1. The quantitative estimate of drug-likeness (QED) is 0.910. The molecule has 3 rings (SSSR count). The summed E-state index contributed by atoms with van der Waals surface area (Å²) in [6.07, 6.45) is 4.92. The molecule has 2 heterocycles. The third kappa shape index (κ3) is 4.82. The Kier molecular flexibility index (Phi) is 6.08. The molecule has 136 valence electrons. The van der Waals surface area contributed by atoms with Crippen LogP contribution in [0.3, 0.4) is 0 Å². The van der Waals surface area contributed by atoms with Crippen LogP contribution in [-0.2, 0) is 9.59 Å². The summed E-state index contributed by atoms with van der Waals surface area (Å²) in [6, 6.07) is 10.2. The smallest absolute Gasteiger partial charge is 0.236 e. The van der Waals surface area contributed by atoms with Crippen LogP contribution >= 0.6 is 0 Å². The van der Waals surface area contributed by atoms with Crippen molar-refractivity contribution in [3.05, 3.63) is 35.9 Å². The number of rotatable bonds is 4. The lowest BCUT2D eigenvalue weighted by molar-refractivity contribution is -0.131. The lowest BCUT2D eigenvalue weighted by atomic mass is 9.94. The number of hydrogen-bond donors (Lipinski definition) is 1. The number of carbonyl (C=O) groups is 2. The Balaban J connectivity index is 1.65. The summed E-state index contributed by atoms with van der Waals surface area (Å²) in [5, 5.41) is 3.04. The lowest BCUT2D eigenvalue weighted by Gasteiger charge is -2.23. The molecular formula is C20H29N3O2. The Bertz CT molecular complexity index is 582. The summed E-state index contributed by atoms with van der Waals surface area (Å²) >= 11 is 0. The van der Waals surface area contributed by atoms with Crippen LogP contribution in [0.1, 0.15) is 44.1 Å². The van der Waals surface area contributed by atoms with Gasteiger partial charge in [0.2, 0.25) is 11.8 Å². The summed E-state index contributed by atoms with van der Waals surface area (Å²) in [4.78, 5) is 28.6. The van der Waals surface area contributed by atoms with Crippen LogP contribution in [-0.4, -0.2) is 60.4 Å². The van der Waals surface area contributed by atoms with E-state index in [-0.39, 0.29) is 23.8 Å². The number of amides is 2. The Labute approximate surface area is 150 Å². The maximum absolute atomic E-state index is 12.8. The van der Waals surface area contributed by atoms with E-state index in [0.717, 1.165) is 13.1 Å². The normalized spacial score (nSPS) is 24.8. The second-order valence-electron chi connectivity index (χ2n) is 7.31. The van der Waals surface area contributed by atoms with Gasteiger partial charge in [-0.05, 0) is 31.5 Å². The van der Waals surface area contributed by atoms with E-state index >= 15 is 0 Å². The van der Waals surface area contributed by atoms with Gasteiger partial charge in [0.15, 0.2) is 0 Å². The van der Waals surface area contributed by atoms with E-state index in [4.69, 9.17) is 0 Å². The summed E-state index contributed by atoms with van der Waals surface area (Å²) in [6.45, 7) is 5.39. The zero-order chi connectivity index (χ0) is 17.6. The van der Waals surface area contributed by atoms with Crippen molar-refractivity contribution in [2.75, 3.05) is 32.7 Å². The van der Waals surface area contributed by atoms with Crippen molar-refractivity contribution < 1.29 is 9.59 Å². The molecule has 2 fully saturated rings. The van der Waals surface area contributed by atoms with Crippen molar-refractivity contribution in [3.8, 4) is 0 Å². The molecule has 0 radical (unpaired) electrons. The molecule has 1 aromatic rings. The van der Waals surface area contributed by atoms with Crippen LogP contribution < -0.4 is 5.32 Å². The first-order valence-electron chi connectivity index (χ1n) is 9.45. The highest BCUT2D eigenvalue weighted by molar-refractivity contribution is 5.79. The summed E-state index contributed by atoms with van der Waals surface area (Å²) in [5.74, 6) is 0.321. The van der Waals surface area contributed by atoms with Crippen LogP contribution in [0.15, 0.2) is 30.3 Å². The van der Waals surface area contributed by atoms with Crippen molar-refractivity contribution >= 4 is 11.8 Å². The van der Waals surface area contributed by atoms with E-state index in [1.165, 1.54) is 31.2 Å². The molecule has 2 saturated heterocycles. The number of likely N-dealkylation sites (tertiary alicyclic amines) is 2. The Morgan fingerprint density at radius 1 is 1.04 bits per heavy atom. The van der Waals surface area contributed by atoms with Gasteiger partial charge in [-0.25, -0.2) is 0 Å². The first-order valence-corrected chi connectivity index (χ1v) is 9.45. The van der Waals surface area contributed by atoms with Crippen molar-refractivity contribution in [3.63, 3.8) is 0 Å². The molecule has 0 saturated carbocycles. The topological polar surface area (TPSA) is 52.7 Å². The third-order valence-electron chi connectivity index (χ3n) is 5.35. The highest BCUT2D eigenvalue weighted by atomic mass is 16.2. The summed E-state index contributed by atoms with van der Waals surface area (Å²) in [7, 11) is 0. The minimum atomic E-state index is -0.0345. The minimum absolute atomic E-state index is 0.00650. The SMILES string of the molecule is CC(=O)N[C@H]1CN(C(=O)CN2CCCCCC2)C[C@@H]1c1ccccc1. The fourth-order valence-electron chi connectivity index (χ4n) is 4.04. The molecule has 0 bridgehead atoms. The monoisotopic (exact) mass is 343 g/mol. The average molecular weight is 343 g/mol. The molecular weight excluding hydrogens is 314 g/mol. The second kappa shape index (κ2) is 8.48. The van der Waals surface area contributed by atoms with Gasteiger partial charge < -0.3 is 10.2 Å². The van der Waals surface area contributed by atoms with Crippen molar-refractivity contribution in [2.24, 2.45) is 0 Å². The fraction of sp³-hybridized carbons (Fsp3) is 0.600. The number of nitrogens with zero attached hydrogens (tertiary/aromatic N) is 2. The number of carbonyl (C=O) groups excluding carboxylic acids is 2. The van der Waals surface area contributed by atoms with Gasteiger partial charge in [-0.1, -0.05) is 43.2 Å². The van der Waals surface area contributed by atoms with Gasteiger partial charge in [0.1, 0.15) is 0 Å². The van der Waals surface area contributed by atoms with Crippen LogP contribution in [0.4, 0.5) is 0 Å². The fourth-order valence-corrected chi connectivity index (χ4v) is 4.04. The molecule has 5 nitrogen and oxygen atoms in total. The molecule has 2 aliphatic heterocycles. The molecule has 0 aliphatic carbocycles. The van der Waals surface area contributed by atoms with Gasteiger partial charge in [0, 0.05) is 25.9 Å². The van der Waals surface area contributed by atoms with Gasteiger partial charge >= 0.3 is 0 Å². The van der Waals surface area contributed by atoms with E-state index < -0.39 is 0 Å². The van der Waals surface area contributed by atoms with E-state index in [0.29, 0.717) is 19.6 Å². The second-order valence-corrected chi connectivity index (χ2v) is 7.31. The summed E-state index contributed by atoms with van der Waals surface area (Å²) in [5.41, 5.74) is 1.19. The molecule has 2 aliphatic rings. The number of benzene rings is 1. The highest BCUT2D eigenvalue weighted by Crippen LogP contribution is 2.28. The average Bonchev–Trinajstić information content (AvgIpc) is 2.84. The van der Waals surface area contributed by atoms with Crippen LogP contribution in [0, 0.1) is 0 Å². The predicted octanol–water partition coefficient (Wildman–Crippen LogP) is 1.99. The molecule has 2 amide bonds. The number of nitrogens with one attached hydrogen (secondary N) is 1. The molecule has 2 atom stereocenters. The van der Waals surface area contributed by atoms with Crippen molar-refractivity contribution in [2.45, 2.75) is 44.6 Å². The highest BCUT2D eigenvalue weighted by Gasteiger charge is 2.36. The lowest BCUT2D eigenvalue weighted by Crippen LogP contribution is -2.42. The van der Waals surface area contributed by atoms with Crippen molar-refractivity contribution in [1.82, 2.24) is 15.1 Å². The van der Waals surface area contributed by atoms with Gasteiger partial charge in [0.25, 0.3) is 0 Å². The zero-order valence-electron chi connectivity index (χ0n) is 15.1. The summed E-state index contributed by atoms with van der Waals surface area (Å²) < 4.78 is 0. The van der Waals surface area contributed by atoms with Gasteiger partial charge in [-0.3, -0.25) is 14.5 Å². The molecule has 1 N–H and O–H groups in total. The van der Waals surface area contributed by atoms with Gasteiger partial charge in [-0.2, -0.15) is 0 Å². The van der Waals surface area contributed by atoms with E-state index in [1.54, 1.807) is 6.92 Å². The first-order chi connectivity index (χ1) is 12.1. The van der Waals surface area contributed by atoms with Crippen molar-refractivity contribution in [1.29, 1.82) is 0 Å². The molecule has 5 heteroatoms. The molecule has 25 heavy (non-hydrogen) atoms. The van der Waals surface area contributed by atoms with E-state index in [1.807, 2.05) is 23.1 Å². The zero-order valence-corrected chi connectivity index (χ0v) is 15.1. The minimum Gasteiger partial charge on any atom is -0.351 e. The molecule has 0 spiro atoms. The largest absolute Gasteiger partial charge is 0.351 e. The van der Waals surface area contributed by atoms with E-state index in [2.05, 4.69) is 22.3 Å². The Hall–Kier alpha value is -1.88. The maximum atomic E-state index is 12.8. The van der Waals surface area contributed by atoms with Gasteiger partial charge in [0.05, 0.1) is 12.6 Å². The molecule has 0 aromatic heterocycles. The van der Waals surface area contributed by atoms with Crippen LogP contribution in [0.25, 0.3) is 0 Å². The first kappa shape index (κ1) is 17.9. The predicted molar refractivity (Wildman–Crippen MR) is 98.3 cm³/mol. The molecule has 0 unspecified atom stereocenters. The van der Waals surface area contributed by atoms with Gasteiger partial charge in [-0.15, -0.1) is 0 Å². The maximum Gasteiger partial charge on any atom is 0.236 e. The molecule has 1 aromatic carbocycles. The van der Waals surface area contributed by atoms with E-state index in [9.17, 15) is 9.59 Å². The Morgan fingerprint density at radius 2 is 1.72 bits per heavy atom. The number of hydrogen-bond acceptors (Lipinski definition) is 3. The van der Waals surface area contributed by atoms with Crippen LogP contribution in [0.2, 0.25) is 0 Å². The van der Waals surface area contributed by atoms with Crippen LogP contribution in [0.5, 0.6) is 0 Å².